The van der Waals surface area contributed by atoms with Gasteiger partial charge in [-0.15, -0.1) is 0 Å². The summed E-state index contributed by atoms with van der Waals surface area (Å²) in [4.78, 5) is 9.57. The molecule has 0 bridgehead atoms. The molecule has 1 unspecified atom stereocenters. The number of nitrogens with zero attached hydrogens (tertiary/aromatic N) is 3. The van der Waals surface area contributed by atoms with Gasteiger partial charge in [-0.3, -0.25) is 14.8 Å². The van der Waals surface area contributed by atoms with Crippen molar-refractivity contribution in [3.63, 3.8) is 0 Å². The number of rotatable bonds is 8. The molecule has 8 heteroatoms. The highest BCUT2D eigenvalue weighted by molar-refractivity contribution is 5.80. The van der Waals surface area contributed by atoms with Crippen LogP contribution in [0.1, 0.15) is 32.3 Å². The van der Waals surface area contributed by atoms with Gasteiger partial charge in [0.25, 0.3) is 0 Å². The predicted molar refractivity (Wildman–Crippen MR) is 120 cm³/mol. The van der Waals surface area contributed by atoms with E-state index < -0.39 is 11.6 Å². The average molecular weight is 438 g/mol. The molecule has 2 N–H and O–H groups in total. The lowest BCUT2D eigenvalue weighted by Gasteiger charge is -2.33. The normalized spacial score (nSPS) is 20.6. The summed E-state index contributed by atoms with van der Waals surface area (Å²) in [5, 5.41) is 6.95. The van der Waals surface area contributed by atoms with Crippen molar-refractivity contribution >= 4 is 5.96 Å². The van der Waals surface area contributed by atoms with Gasteiger partial charge in [0.05, 0.1) is 13.2 Å². The Morgan fingerprint density at radius 1 is 1.13 bits per heavy atom. The van der Waals surface area contributed by atoms with Gasteiger partial charge in [0.1, 0.15) is 0 Å². The van der Waals surface area contributed by atoms with Crippen LogP contribution in [0.2, 0.25) is 0 Å². The summed E-state index contributed by atoms with van der Waals surface area (Å²) in [5.41, 5.74) is 0.814. The van der Waals surface area contributed by atoms with Crippen molar-refractivity contribution in [2.75, 3.05) is 59.0 Å². The van der Waals surface area contributed by atoms with Crippen molar-refractivity contribution < 1.29 is 13.5 Å². The molecule has 0 aromatic heterocycles. The number of aliphatic imine (C=N–C) groups is 1. The molecule has 3 rings (SSSR count). The maximum absolute atomic E-state index is 13.4. The first-order valence-electron chi connectivity index (χ1n) is 11.5. The molecule has 2 aliphatic heterocycles. The third-order valence-corrected chi connectivity index (χ3v) is 5.90. The van der Waals surface area contributed by atoms with E-state index in [4.69, 9.17) is 9.73 Å². The van der Waals surface area contributed by atoms with E-state index >= 15 is 0 Å². The highest BCUT2D eigenvalue weighted by Crippen LogP contribution is 2.16. The predicted octanol–water partition coefficient (Wildman–Crippen LogP) is 2.45. The minimum Gasteiger partial charge on any atom is -0.379 e. The molecule has 31 heavy (non-hydrogen) atoms. The maximum atomic E-state index is 13.4. The van der Waals surface area contributed by atoms with E-state index in [1.807, 2.05) is 0 Å². The fourth-order valence-corrected chi connectivity index (χ4v) is 4.17. The van der Waals surface area contributed by atoms with Gasteiger partial charge in [-0.05, 0) is 43.4 Å². The Bertz CT molecular complexity index is 703. The van der Waals surface area contributed by atoms with Crippen LogP contribution >= 0.6 is 0 Å². The molecule has 2 fully saturated rings. The molecule has 0 radical (unpaired) electrons. The molecule has 2 aliphatic rings. The molecule has 6 nitrogen and oxygen atoms in total. The average Bonchev–Trinajstić information content (AvgIpc) is 2.77. The Hall–Kier alpha value is -1.77. The molecule has 0 spiro atoms. The lowest BCUT2D eigenvalue weighted by Crippen LogP contribution is -2.48. The molecule has 2 heterocycles. The van der Waals surface area contributed by atoms with E-state index in [1.54, 1.807) is 6.07 Å². The zero-order valence-corrected chi connectivity index (χ0v) is 18.9. The minimum absolute atomic E-state index is 0.369. The van der Waals surface area contributed by atoms with Crippen molar-refractivity contribution in [1.29, 1.82) is 0 Å². The molecule has 1 aromatic rings. The van der Waals surface area contributed by atoms with Gasteiger partial charge >= 0.3 is 0 Å². The quantitative estimate of drug-likeness (QED) is 0.483. The van der Waals surface area contributed by atoms with Crippen molar-refractivity contribution in [2.45, 2.75) is 39.3 Å². The third kappa shape index (κ3) is 8.01. The van der Waals surface area contributed by atoms with E-state index in [0.29, 0.717) is 18.5 Å². The van der Waals surface area contributed by atoms with E-state index in [0.717, 1.165) is 83.4 Å². The number of guanidine groups is 1. The number of likely N-dealkylation sites (tertiary alicyclic amines) is 1. The lowest BCUT2D eigenvalue weighted by molar-refractivity contribution is 0.0323. The summed E-state index contributed by atoms with van der Waals surface area (Å²) in [7, 11) is 0. The summed E-state index contributed by atoms with van der Waals surface area (Å²) in [5.74, 6) is -0.188. The first-order valence-corrected chi connectivity index (χ1v) is 11.5. The third-order valence-electron chi connectivity index (χ3n) is 5.90. The Labute approximate surface area is 185 Å². The molecule has 174 valence electrons. The number of halogens is 2. The number of benzene rings is 1. The Balaban J connectivity index is 1.42. The molecular formula is C23H37F2N5O. The van der Waals surface area contributed by atoms with E-state index in [-0.39, 0.29) is 0 Å². The van der Waals surface area contributed by atoms with Crippen LogP contribution in [-0.4, -0.2) is 80.8 Å². The second-order valence-electron chi connectivity index (χ2n) is 8.68. The van der Waals surface area contributed by atoms with Crippen LogP contribution in [0.5, 0.6) is 0 Å². The van der Waals surface area contributed by atoms with Gasteiger partial charge in [-0.1, -0.05) is 13.0 Å². The summed E-state index contributed by atoms with van der Waals surface area (Å²) >= 11 is 0. The highest BCUT2D eigenvalue weighted by Gasteiger charge is 2.21. The lowest BCUT2D eigenvalue weighted by atomic mass is 10.0. The number of hydrogen-bond acceptors (Lipinski definition) is 4. The van der Waals surface area contributed by atoms with Gasteiger partial charge < -0.3 is 15.4 Å². The second-order valence-corrected chi connectivity index (χ2v) is 8.68. The van der Waals surface area contributed by atoms with Gasteiger partial charge in [-0.25, -0.2) is 8.78 Å². The van der Waals surface area contributed by atoms with Crippen molar-refractivity contribution in [3.05, 3.63) is 35.4 Å². The van der Waals surface area contributed by atoms with E-state index in [9.17, 15) is 8.78 Å². The Kier molecular flexibility index (Phi) is 9.49. The minimum atomic E-state index is -0.791. The molecule has 1 atom stereocenters. The maximum Gasteiger partial charge on any atom is 0.191 e. The first kappa shape index (κ1) is 23.9. The second kappa shape index (κ2) is 12.3. The number of morpholine rings is 1. The summed E-state index contributed by atoms with van der Waals surface area (Å²) in [6.07, 6.45) is 1.99. The van der Waals surface area contributed by atoms with Crippen molar-refractivity contribution in [3.8, 4) is 0 Å². The van der Waals surface area contributed by atoms with Crippen LogP contribution in [0.15, 0.2) is 23.2 Å². The number of ether oxygens (including phenoxy) is 1. The van der Waals surface area contributed by atoms with E-state index in [2.05, 4.69) is 34.3 Å². The molecule has 1 aromatic carbocycles. The number of hydrogen-bond donors (Lipinski definition) is 2. The molecule has 0 aliphatic carbocycles. The molecule has 0 amide bonds. The van der Waals surface area contributed by atoms with Gasteiger partial charge in [0, 0.05) is 58.4 Å². The summed E-state index contributed by atoms with van der Waals surface area (Å²) in [6, 6.07) is 4.54. The Morgan fingerprint density at radius 3 is 2.55 bits per heavy atom. The van der Waals surface area contributed by atoms with Crippen LogP contribution in [0.25, 0.3) is 0 Å². The molecule has 2 saturated heterocycles. The fraction of sp³-hybridized carbons (Fsp3) is 0.696. The fourth-order valence-electron chi connectivity index (χ4n) is 4.17. The molecular weight excluding hydrogens is 400 g/mol. The smallest absolute Gasteiger partial charge is 0.191 e. The zero-order valence-electron chi connectivity index (χ0n) is 18.9. The van der Waals surface area contributed by atoms with Crippen LogP contribution < -0.4 is 10.6 Å². The number of piperidine rings is 1. The first-order chi connectivity index (χ1) is 15.0. The largest absolute Gasteiger partial charge is 0.379 e. The van der Waals surface area contributed by atoms with E-state index in [1.165, 1.54) is 12.1 Å². The highest BCUT2D eigenvalue weighted by atomic mass is 19.2. The summed E-state index contributed by atoms with van der Waals surface area (Å²) in [6.45, 7) is 13.2. The SMILES string of the molecule is CCNC(=NCC(C)CN1CCOCC1)NC1CCN(Cc2ccc(F)c(F)c2)CC1. The molecule has 0 saturated carbocycles. The van der Waals surface area contributed by atoms with Crippen LogP contribution in [0.4, 0.5) is 8.78 Å². The number of nitrogens with one attached hydrogen (secondary N) is 2. The topological polar surface area (TPSA) is 52.1 Å². The van der Waals surface area contributed by atoms with Crippen LogP contribution in [0, 0.1) is 17.6 Å². The summed E-state index contributed by atoms with van der Waals surface area (Å²) < 4.78 is 32.0. The van der Waals surface area contributed by atoms with Crippen molar-refractivity contribution in [1.82, 2.24) is 20.4 Å². The van der Waals surface area contributed by atoms with Crippen LogP contribution in [0.3, 0.4) is 0 Å². The van der Waals surface area contributed by atoms with Gasteiger partial charge in [0.15, 0.2) is 17.6 Å². The van der Waals surface area contributed by atoms with Gasteiger partial charge in [-0.2, -0.15) is 0 Å². The monoisotopic (exact) mass is 437 g/mol. The van der Waals surface area contributed by atoms with Crippen LogP contribution in [-0.2, 0) is 11.3 Å². The standard InChI is InChI=1S/C23H37F2N5O/c1-3-26-23(27-15-18(2)16-30-10-12-31-13-11-30)28-20-6-8-29(9-7-20)17-19-4-5-21(24)22(25)14-19/h4-5,14,18,20H,3,6-13,15-17H2,1-2H3,(H2,26,27,28). The Morgan fingerprint density at radius 2 is 1.87 bits per heavy atom. The van der Waals surface area contributed by atoms with Crippen molar-refractivity contribution in [2.24, 2.45) is 10.9 Å². The van der Waals surface area contributed by atoms with Gasteiger partial charge in [0.2, 0.25) is 0 Å². The zero-order chi connectivity index (χ0) is 22.1.